The van der Waals surface area contributed by atoms with Gasteiger partial charge in [-0.1, -0.05) is 57.8 Å². The van der Waals surface area contributed by atoms with Gasteiger partial charge in [-0.05, 0) is 37.1 Å². The van der Waals surface area contributed by atoms with Crippen molar-refractivity contribution in [2.75, 3.05) is 13.1 Å². The van der Waals surface area contributed by atoms with Crippen LogP contribution >= 0.6 is 0 Å². The Morgan fingerprint density at radius 1 is 0.556 bits per heavy atom. The van der Waals surface area contributed by atoms with Gasteiger partial charge in [-0.15, -0.1) is 0 Å². The van der Waals surface area contributed by atoms with Crippen molar-refractivity contribution in [3.8, 4) is 0 Å². The van der Waals surface area contributed by atoms with E-state index in [1.54, 1.807) is 0 Å². The SMILES string of the molecule is C(=NCCCCCCCCCCCCCN=Cc1ccc[nH]1)c1ccc[nH]1. The highest BCUT2D eigenvalue weighted by Crippen LogP contribution is 2.11. The molecule has 2 heterocycles. The number of hydrogen-bond donors (Lipinski definition) is 2. The first-order valence-electron chi connectivity index (χ1n) is 10.7. The van der Waals surface area contributed by atoms with Crippen molar-refractivity contribution in [3.05, 3.63) is 48.0 Å². The normalized spacial score (nSPS) is 11.9. The third-order valence-electron chi connectivity index (χ3n) is 4.78. The number of hydrogen-bond acceptors (Lipinski definition) is 2. The summed E-state index contributed by atoms with van der Waals surface area (Å²) in [5, 5.41) is 0. The molecule has 4 heteroatoms. The summed E-state index contributed by atoms with van der Waals surface area (Å²) < 4.78 is 0. The molecule has 0 aromatic carbocycles. The van der Waals surface area contributed by atoms with Gasteiger partial charge in [0, 0.05) is 37.9 Å². The third-order valence-corrected chi connectivity index (χ3v) is 4.78. The van der Waals surface area contributed by atoms with Crippen molar-refractivity contribution in [1.29, 1.82) is 0 Å². The number of aromatic amines is 2. The van der Waals surface area contributed by atoms with Gasteiger partial charge in [0.25, 0.3) is 0 Å². The molecule has 148 valence electrons. The van der Waals surface area contributed by atoms with E-state index in [9.17, 15) is 0 Å². The molecule has 0 fully saturated rings. The molecule has 2 N–H and O–H groups in total. The minimum Gasteiger partial charge on any atom is -0.360 e. The Labute approximate surface area is 164 Å². The van der Waals surface area contributed by atoms with Gasteiger partial charge in [-0.2, -0.15) is 0 Å². The second kappa shape index (κ2) is 15.0. The second-order valence-corrected chi connectivity index (χ2v) is 7.21. The molecule has 4 nitrogen and oxygen atoms in total. The molecule has 2 aromatic heterocycles. The molecular formula is C23H36N4. The molecule has 0 aliphatic heterocycles. The molecular weight excluding hydrogens is 332 g/mol. The third kappa shape index (κ3) is 11.3. The lowest BCUT2D eigenvalue weighted by molar-refractivity contribution is 0.548. The fourth-order valence-electron chi connectivity index (χ4n) is 3.17. The molecule has 0 saturated carbocycles. The summed E-state index contributed by atoms with van der Waals surface area (Å²) in [5.74, 6) is 0. The lowest BCUT2D eigenvalue weighted by atomic mass is 10.1. The monoisotopic (exact) mass is 368 g/mol. The predicted octanol–water partition coefficient (Wildman–Crippen LogP) is 6.17. The first-order valence-corrected chi connectivity index (χ1v) is 10.7. The Balaban J connectivity index is 1.26. The lowest BCUT2D eigenvalue weighted by Gasteiger charge is -2.02. The summed E-state index contributed by atoms with van der Waals surface area (Å²) in [4.78, 5) is 15.2. The Hall–Kier alpha value is -2.10. The number of unbranched alkanes of at least 4 members (excludes halogenated alkanes) is 10. The minimum absolute atomic E-state index is 0.952. The van der Waals surface area contributed by atoms with Crippen LogP contribution in [0.2, 0.25) is 0 Å². The van der Waals surface area contributed by atoms with Crippen LogP contribution in [-0.2, 0) is 0 Å². The average molecular weight is 369 g/mol. The quantitative estimate of drug-likeness (QED) is 0.263. The van der Waals surface area contributed by atoms with Gasteiger partial charge in [0.15, 0.2) is 0 Å². The second-order valence-electron chi connectivity index (χ2n) is 7.21. The number of H-pyrrole nitrogens is 2. The molecule has 0 aliphatic carbocycles. The zero-order chi connectivity index (χ0) is 18.8. The molecule has 2 rings (SSSR count). The number of nitrogens with zero attached hydrogens (tertiary/aromatic N) is 2. The van der Waals surface area contributed by atoms with E-state index < -0.39 is 0 Å². The maximum absolute atomic E-state index is 4.45. The van der Waals surface area contributed by atoms with Gasteiger partial charge < -0.3 is 9.97 Å². The molecule has 0 spiro atoms. The van der Waals surface area contributed by atoms with E-state index in [0.29, 0.717) is 0 Å². The van der Waals surface area contributed by atoms with Gasteiger partial charge >= 0.3 is 0 Å². The van der Waals surface area contributed by atoms with Crippen LogP contribution in [-0.4, -0.2) is 35.5 Å². The first-order chi connectivity index (χ1) is 13.4. The van der Waals surface area contributed by atoms with Crippen LogP contribution in [0.4, 0.5) is 0 Å². The Morgan fingerprint density at radius 2 is 0.926 bits per heavy atom. The van der Waals surface area contributed by atoms with Crippen LogP contribution in [0, 0.1) is 0 Å². The Bertz CT molecular complexity index is 542. The van der Waals surface area contributed by atoms with Crippen molar-refractivity contribution < 1.29 is 0 Å². The smallest absolute Gasteiger partial charge is 0.0561 e. The van der Waals surface area contributed by atoms with Gasteiger partial charge in [-0.3, -0.25) is 9.98 Å². The predicted molar refractivity (Wildman–Crippen MR) is 117 cm³/mol. The molecule has 0 amide bonds. The van der Waals surface area contributed by atoms with Crippen LogP contribution in [0.3, 0.4) is 0 Å². The van der Waals surface area contributed by atoms with Crippen molar-refractivity contribution >= 4 is 12.4 Å². The van der Waals surface area contributed by atoms with E-state index >= 15 is 0 Å². The van der Waals surface area contributed by atoms with Crippen molar-refractivity contribution in [2.24, 2.45) is 9.98 Å². The van der Waals surface area contributed by atoms with E-state index in [4.69, 9.17) is 0 Å². The van der Waals surface area contributed by atoms with Crippen LogP contribution in [0.1, 0.15) is 82.0 Å². The summed E-state index contributed by atoms with van der Waals surface area (Å²) in [7, 11) is 0. The zero-order valence-corrected chi connectivity index (χ0v) is 16.7. The van der Waals surface area contributed by atoms with Crippen LogP contribution in [0.15, 0.2) is 46.6 Å². The molecule has 0 bridgehead atoms. The highest BCUT2D eigenvalue weighted by molar-refractivity contribution is 5.77. The van der Waals surface area contributed by atoms with Crippen molar-refractivity contribution in [2.45, 2.75) is 70.6 Å². The minimum atomic E-state index is 0.952. The Kier molecular flexibility index (Phi) is 11.8. The van der Waals surface area contributed by atoms with Gasteiger partial charge in [0.05, 0.1) is 11.4 Å². The van der Waals surface area contributed by atoms with Crippen molar-refractivity contribution in [3.63, 3.8) is 0 Å². The molecule has 0 aliphatic rings. The standard InChI is InChI=1S/C23H36N4/c1(2-4-6-8-10-16-24-20-22-14-12-18-26-22)3-5-7-9-11-17-25-21-23-15-13-19-27-23/h12-15,18-21,26-27H,1-11,16-17H2. The fraction of sp³-hybridized carbons (Fsp3) is 0.565. The lowest BCUT2D eigenvalue weighted by Crippen LogP contribution is -1.87. The molecule has 0 atom stereocenters. The summed E-state index contributed by atoms with van der Waals surface area (Å²) in [6.45, 7) is 1.90. The molecule has 0 saturated heterocycles. The van der Waals surface area contributed by atoms with E-state index in [2.05, 4.69) is 20.0 Å². The molecule has 0 radical (unpaired) electrons. The highest BCUT2D eigenvalue weighted by atomic mass is 14.8. The maximum Gasteiger partial charge on any atom is 0.0561 e. The summed E-state index contributed by atoms with van der Waals surface area (Å²) in [5.41, 5.74) is 2.19. The zero-order valence-electron chi connectivity index (χ0n) is 16.7. The summed E-state index contributed by atoms with van der Waals surface area (Å²) in [6, 6.07) is 8.09. The van der Waals surface area contributed by atoms with Gasteiger partial charge in [0.2, 0.25) is 0 Å². The number of aliphatic imine (C=N–C) groups is 2. The highest BCUT2D eigenvalue weighted by Gasteiger charge is 1.94. The topological polar surface area (TPSA) is 56.3 Å². The van der Waals surface area contributed by atoms with Crippen LogP contribution in [0.25, 0.3) is 0 Å². The maximum atomic E-state index is 4.45. The first kappa shape index (κ1) is 21.2. The average Bonchev–Trinajstić information content (AvgIpc) is 3.38. The molecule has 2 aromatic rings. The van der Waals surface area contributed by atoms with Crippen molar-refractivity contribution in [1.82, 2.24) is 9.97 Å². The Morgan fingerprint density at radius 3 is 1.26 bits per heavy atom. The van der Waals surface area contributed by atoms with Crippen LogP contribution < -0.4 is 0 Å². The van der Waals surface area contributed by atoms with Crippen LogP contribution in [0.5, 0.6) is 0 Å². The van der Waals surface area contributed by atoms with E-state index in [0.717, 1.165) is 24.5 Å². The van der Waals surface area contributed by atoms with E-state index in [1.165, 1.54) is 70.6 Å². The molecule has 0 unspecified atom stereocenters. The molecule has 27 heavy (non-hydrogen) atoms. The van der Waals surface area contributed by atoms with E-state index in [-0.39, 0.29) is 0 Å². The summed E-state index contributed by atoms with van der Waals surface area (Å²) in [6.07, 6.45) is 22.5. The number of rotatable bonds is 16. The van der Waals surface area contributed by atoms with Gasteiger partial charge in [0.1, 0.15) is 0 Å². The fourth-order valence-corrected chi connectivity index (χ4v) is 3.17. The summed E-state index contributed by atoms with van der Waals surface area (Å²) >= 11 is 0. The number of aromatic nitrogens is 2. The largest absolute Gasteiger partial charge is 0.360 e. The van der Waals surface area contributed by atoms with E-state index in [1.807, 2.05) is 49.1 Å². The number of nitrogens with one attached hydrogen (secondary N) is 2. The van der Waals surface area contributed by atoms with Gasteiger partial charge in [-0.25, -0.2) is 0 Å².